The lowest BCUT2D eigenvalue weighted by Crippen LogP contribution is -1.90. The number of hydrogen-bond donors (Lipinski definition) is 0. The van der Waals surface area contributed by atoms with Gasteiger partial charge in [0.05, 0.1) is 13.3 Å². The van der Waals surface area contributed by atoms with Crippen molar-refractivity contribution in [2.24, 2.45) is 5.16 Å². The Morgan fingerprint density at radius 3 is 2.50 bits per heavy atom. The maximum atomic E-state index is 5.32. The minimum atomic E-state index is 0.487. The highest BCUT2D eigenvalue weighted by Crippen LogP contribution is 2.10. The molecule has 3 nitrogen and oxygen atoms in total. The normalized spacial score (nSPS) is 10.7. The first-order valence-corrected chi connectivity index (χ1v) is 6.69. The molecule has 0 atom stereocenters. The zero-order valence-corrected chi connectivity index (χ0v) is 11.9. The van der Waals surface area contributed by atoms with Crippen LogP contribution in [0.2, 0.25) is 0 Å². The summed E-state index contributed by atoms with van der Waals surface area (Å²) in [5.41, 5.74) is 3.43. The summed E-state index contributed by atoms with van der Waals surface area (Å²) in [4.78, 5) is 5.32. The van der Waals surface area contributed by atoms with Crippen LogP contribution in [0.15, 0.2) is 53.7 Å². The number of aryl methyl sites for hydroxylation is 1. The van der Waals surface area contributed by atoms with E-state index in [0.717, 1.165) is 23.3 Å². The van der Waals surface area contributed by atoms with Crippen LogP contribution in [0.5, 0.6) is 5.75 Å². The first kappa shape index (κ1) is 14.1. The van der Waals surface area contributed by atoms with Gasteiger partial charge < -0.3 is 9.57 Å². The number of oxime groups is 1. The molecule has 0 aromatic heterocycles. The Bertz CT molecular complexity index is 561. The highest BCUT2D eigenvalue weighted by Gasteiger charge is 1.95. The molecule has 0 saturated heterocycles. The Balaban J connectivity index is 1.86. The van der Waals surface area contributed by atoms with Crippen LogP contribution in [0.4, 0.5) is 0 Å². The van der Waals surface area contributed by atoms with Gasteiger partial charge in [-0.1, -0.05) is 36.3 Å². The minimum Gasteiger partial charge on any atom is -0.497 e. The van der Waals surface area contributed by atoms with E-state index in [1.54, 1.807) is 13.3 Å². The van der Waals surface area contributed by atoms with E-state index in [9.17, 15) is 0 Å². The van der Waals surface area contributed by atoms with E-state index in [1.165, 1.54) is 5.56 Å². The summed E-state index contributed by atoms with van der Waals surface area (Å²) in [5.74, 6) is 0.833. The third-order valence-corrected chi connectivity index (χ3v) is 3.02. The summed E-state index contributed by atoms with van der Waals surface area (Å²) in [6, 6.07) is 16.0. The largest absolute Gasteiger partial charge is 0.497 e. The van der Waals surface area contributed by atoms with Crippen LogP contribution in [-0.2, 0) is 17.9 Å². The summed E-state index contributed by atoms with van der Waals surface area (Å²) in [7, 11) is 1.65. The van der Waals surface area contributed by atoms with Gasteiger partial charge in [-0.25, -0.2) is 0 Å². The Morgan fingerprint density at radius 2 is 1.80 bits per heavy atom. The molecular formula is C17H19NO2. The molecule has 20 heavy (non-hydrogen) atoms. The highest BCUT2D eigenvalue weighted by atomic mass is 16.6. The molecule has 0 amide bonds. The van der Waals surface area contributed by atoms with Crippen LogP contribution in [0.25, 0.3) is 0 Å². The fourth-order valence-corrected chi connectivity index (χ4v) is 1.84. The third kappa shape index (κ3) is 4.12. The lowest BCUT2D eigenvalue weighted by molar-refractivity contribution is 0.132. The predicted octanol–water partition coefficient (Wildman–Crippen LogP) is 3.81. The monoisotopic (exact) mass is 269 g/mol. The van der Waals surface area contributed by atoms with Crippen LogP contribution >= 0.6 is 0 Å². The molecule has 0 heterocycles. The smallest absolute Gasteiger partial charge is 0.142 e. The third-order valence-electron chi connectivity index (χ3n) is 3.02. The number of hydrogen-bond acceptors (Lipinski definition) is 3. The summed E-state index contributed by atoms with van der Waals surface area (Å²) in [6.45, 7) is 2.63. The molecule has 3 heteroatoms. The molecule has 0 saturated carbocycles. The number of rotatable bonds is 6. The molecule has 104 valence electrons. The number of ether oxygens (including phenoxy) is 1. The van der Waals surface area contributed by atoms with Crippen molar-refractivity contribution >= 4 is 6.21 Å². The topological polar surface area (TPSA) is 30.8 Å². The number of benzene rings is 2. The second kappa shape index (κ2) is 7.34. The van der Waals surface area contributed by atoms with Gasteiger partial charge in [0.25, 0.3) is 0 Å². The Kier molecular flexibility index (Phi) is 5.18. The first-order chi connectivity index (χ1) is 9.81. The summed E-state index contributed by atoms with van der Waals surface area (Å²) >= 11 is 0. The summed E-state index contributed by atoms with van der Waals surface area (Å²) < 4.78 is 5.10. The summed E-state index contributed by atoms with van der Waals surface area (Å²) in [6.07, 6.45) is 2.73. The fraction of sp³-hybridized carbons (Fsp3) is 0.235. The molecule has 0 aliphatic rings. The second-order valence-electron chi connectivity index (χ2n) is 4.45. The Labute approximate surface area is 119 Å². The molecule has 0 aliphatic carbocycles. The van der Waals surface area contributed by atoms with E-state index in [-0.39, 0.29) is 0 Å². The number of nitrogens with zero attached hydrogens (tertiary/aromatic N) is 1. The van der Waals surface area contributed by atoms with Gasteiger partial charge in [0.2, 0.25) is 0 Å². The van der Waals surface area contributed by atoms with Gasteiger partial charge in [-0.15, -0.1) is 0 Å². The zero-order chi connectivity index (χ0) is 14.2. The molecule has 0 bridgehead atoms. The Morgan fingerprint density at radius 1 is 1.05 bits per heavy atom. The van der Waals surface area contributed by atoms with Crippen molar-refractivity contribution in [1.29, 1.82) is 0 Å². The first-order valence-electron chi connectivity index (χ1n) is 6.69. The molecule has 0 unspecified atom stereocenters. The zero-order valence-electron chi connectivity index (χ0n) is 11.9. The molecule has 2 aromatic rings. The van der Waals surface area contributed by atoms with Crippen LogP contribution in [0, 0.1) is 0 Å². The quantitative estimate of drug-likeness (QED) is 0.590. The molecule has 0 aliphatic heterocycles. The van der Waals surface area contributed by atoms with Crippen LogP contribution in [0.3, 0.4) is 0 Å². The average molecular weight is 269 g/mol. The molecule has 2 aromatic carbocycles. The van der Waals surface area contributed by atoms with Gasteiger partial charge in [0.1, 0.15) is 12.4 Å². The lowest BCUT2D eigenvalue weighted by Gasteiger charge is -2.02. The van der Waals surface area contributed by atoms with E-state index in [1.807, 2.05) is 36.4 Å². The molecule has 0 radical (unpaired) electrons. The van der Waals surface area contributed by atoms with Crippen molar-refractivity contribution in [3.8, 4) is 5.75 Å². The van der Waals surface area contributed by atoms with Gasteiger partial charge in [0, 0.05) is 0 Å². The average Bonchev–Trinajstić information content (AvgIpc) is 2.52. The van der Waals surface area contributed by atoms with Crippen molar-refractivity contribution in [1.82, 2.24) is 0 Å². The van der Waals surface area contributed by atoms with Gasteiger partial charge in [-0.3, -0.25) is 0 Å². The van der Waals surface area contributed by atoms with Crippen molar-refractivity contribution < 1.29 is 9.57 Å². The van der Waals surface area contributed by atoms with Gasteiger partial charge in [-0.05, 0) is 47.4 Å². The second-order valence-corrected chi connectivity index (χ2v) is 4.45. The fourth-order valence-electron chi connectivity index (χ4n) is 1.84. The van der Waals surface area contributed by atoms with E-state index in [2.05, 4.69) is 24.2 Å². The molecule has 0 N–H and O–H groups in total. The highest BCUT2D eigenvalue weighted by molar-refractivity contribution is 5.79. The molecule has 0 spiro atoms. The van der Waals surface area contributed by atoms with Crippen molar-refractivity contribution in [3.05, 3.63) is 65.2 Å². The van der Waals surface area contributed by atoms with E-state index in [0.29, 0.717) is 6.61 Å². The maximum Gasteiger partial charge on any atom is 0.142 e. The molecular weight excluding hydrogens is 250 g/mol. The standard InChI is InChI=1S/C17H19NO2/c1-3-14-5-4-6-16(11-14)13-20-18-12-15-7-9-17(19-2)10-8-15/h4-12H,3,13H2,1-2H3. The van der Waals surface area contributed by atoms with Gasteiger partial charge in [-0.2, -0.15) is 0 Å². The van der Waals surface area contributed by atoms with Crippen LogP contribution in [0.1, 0.15) is 23.6 Å². The van der Waals surface area contributed by atoms with E-state index < -0.39 is 0 Å². The van der Waals surface area contributed by atoms with Crippen LogP contribution < -0.4 is 4.74 Å². The van der Waals surface area contributed by atoms with E-state index >= 15 is 0 Å². The van der Waals surface area contributed by atoms with Crippen molar-refractivity contribution in [3.63, 3.8) is 0 Å². The van der Waals surface area contributed by atoms with Crippen LogP contribution in [-0.4, -0.2) is 13.3 Å². The predicted molar refractivity (Wildman–Crippen MR) is 81.2 cm³/mol. The van der Waals surface area contributed by atoms with Crippen molar-refractivity contribution in [2.45, 2.75) is 20.0 Å². The number of methoxy groups -OCH3 is 1. The molecule has 2 rings (SSSR count). The minimum absolute atomic E-state index is 0.487. The van der Waals surface area contributed by atoms with Crippen molar-refractivity contribution in [2.75, 3.05) is 7.11 Å². The lowest BCUT2D eigenvalue weighted by atomic mass is 10.1. The van der Waals surface area contributed by atoms with Gasteiger partial charge in [0.15, 0.2) is 0 Å². The van der Waals surface area contributed by atoms with E-state index in [4.69, 9.17) is 9.57 Å². The SMILES string of the molecule is CCc1cccc(CON=Cc2ccc(OC)cc2)c1. The Hall–Kier alpha value is -2.29. The summed E-state index contributed by atoms with van der Waals surface area (Å²) in [5, 5.41) is 3.98. The van der Waals surface area contributed by atoms with Gasteiger partial charge >= 0.3 is 0 Å². The maximum absolute atomic E-state index is 5.32. The molecule has 0 fully saturated rings.